The molecule has 2 saturated heterocycles. The summed E-state index contributed by atoms with van der Waals surface area (Å²) in [5.74, 6) is 0.994. The van der Waals surface area contributed by atoms with Gasteiger partial charge in [0, 0.05) is 45.5 Å². The number of anilines is 3. The predicted octanol–water partition coefficient (Wildman–Crippen LogP) is 2.85. The van der Waals surface area contributed by atoms with Crippen molar-refractivity contribution >= 4 is 34.7 Å². The number of aromatic nitrogens is 1. The maximum Gasteiger partial charge on any atom is 0.247 e. The van der Waals surface area contributed by atoms with E-state index in [1.807, 2.05) is 18.3 Å². The summed E-state index contributed by atoms with van der Waals surface area (Å²) in [6.45, 7) is 5.26. The standard InChI is InChI=1S/C22H23ClN6O/c23-17-10-15(12-24)3-4-19(17)28-8-6-27(7-9-28)14-16-11-18-21(25-13-16)29-5-1-2-20(29)22(30)26-18/h3-4,10-11,13,20H,1-2,5-9,14H2,(H,26,30). The topological polar surface area (TPSA) is 75.5 Å². The van der Waals surface area contributed by atoms with E-state index in [1.165, 1.54) is 0 Å². The van der Waals surface area contributed by atoms with Gasteiger partial charge < -0.3 is 15.1 Å². The zero-order valence-corrected chi connectivity index (χ0v) is 17.4. The first kappa shape index (κ1) is 19.2. The van der Waals surface area contributed by atoms with Crippen LogP contribution >= 0.6 is 11.6 Å². The monoisotopic (exact) mass is 422 g/mol. The molecule has 7 nitrogen and oxygen atoms in total. The van der Waals surface area contributed by atoms with Gasteiger partial charge in [-0.3, -0.25) is 9.69 Å². The van der Waals surface area contributed by atoms with Gasteiger partial charge in [0.25, 0.3) is 0 Å². The minimum Gasteiger partial charge on any atom is -0.368 e. The fourth-order valence-corrected chi connectivity index (χ4v) is 4.96. The lowest BCUT2D eigenvalue weighted by atomic mass is 10.1. The molecule has 4 heterocycles. The maximum absolute atomic E-state index is 12.4. The number of nitrogens with zero attached hydrogens (tertiary/aromatic N) is 5. The first-order chi connectivity index (χ1) is 14.6. The summed E-state index contributed by atoms with van der Waals surface area (Å²) < 4.78 is 0. The van der Waals surface area contributed by atoms with Crippen LogP contribution in [0.5, 0.6) is 0 Å². The molecular formula is C22H23ClN6O. The fraction of sp³-hybridized carbons (Fsp3) is 0.409. The van der Waals surface area contributed by atoms with E-state index in [0.29, 0.717) is 10.6 Å². The lowest BCUT2D eigenvalue weighted by Crippen LogP contribution is -2.46. The number of amides is 1. The molecule has 5 rings (SSSR count). The second kappa shape index (κ2) is 7.78. The van der Waals surface area contributed by atoms with Gasteiger partial charge in [0.1, 0.15) is 6.04 Å². The van der Waals surface area contributed by atoms with Gasteiger partial charge in [-0.15, -0.1) is 0 Å². The number of rotatable bonds is 3. The van der Waals surface area contributed by atoms with Crippen LogP contribution < -0.4 is 15.1 Å². The minimum absolute atomic E-state index is 0.0574. The number of piperazine rings is 1. The van der Waals surface area contributed by atoms with Gasteiger partial charge in [0.15, 0.2) is 5.82 Å². The molecule has 0 radical (unpaired) electrons. The number of benzene rings is 1. The number of nitrogens with one attached hydrogen (secondary N) is 1. The molecule has 1 amide bonds. The summed E-state index contributed by atoms with van der Waals surface area (Å²) in [5.41, 5.74) is 3.50. The highest BCUT2D eigenvalue weighted by atomic mass is 35.5. The Bertz CT molecular complexity index is 1030. The van der Waals surface area contributed by atoms with Gasteiger partial charge >= 0.3 is 0 Å². The molecule has 0 saturated carbocycles. The molecule has 1 unspecified atom stereocenters. The zero-order valence-electron chi connectivity index (χ0n) is 16.6. The van der Waals surface area contributed by atoms with Crippen LogP contribution in [-0.4, -0.2) is 54.6 Å². The molecule has 0 aliphatic carbocycles. The van der Waals surface area contributed by atoms with Crippen molar-refractivity contribution in [3.8, 4) is 6.07 Å². The molecule has 1 aromatic carbocycles. The molecule has 0 bridgehead atoms. The van der Waals surface area contributed by atoms with E-state index in [-0.39, 0.29) is 11.9 Å². The number of fused-ring (bicyclic) bond motifs is 3. The fourth-order valence-electron chi connectivity index (χ4n) is 4.65. The van der Waals surface area contributed by atoms with Gasteiger partial charge in [-0.2, -0.15) is 5.26 Å². The Balaban J connectivity index is 1.24. The lowest BCUT2D eigenvalue weighted by Gasteiger charge is -2.37. The zero-order chi connectivity index (χ0) is 20.7. The molecular weight excluding hydrogens is 400 g/mol. The Morgan fingerprint density at radius 2 is 2.03 bits per heavy atom. The second-order valence-corrected chi connectivity index (χ2v) is 8.50. The molecule has 154 valence electrons. The summed E-state index contributed by atoms with van der Waals surface area (Å²) in [5, 5.41) is 12.7. The van der Waals surface area contributed by atoms with Crippen LogP contribution in [-0.2, 0) is 11.3 Å². The Morgan fingerprint density at radius 1 is 1.20 bits per heavy atom. The Morgan fingerprint density at radius 3 is 2.80 bits per heavy atom. The van der Waals surface area contributed by atoms with Gasteiger partial charge in [-0.1, -0.05) is 11.6 Å². The first-order valence-electron chi connectivity index (χ1n) is 10.4. The quantitative estimate of drug-likeness (QED) is 0.819. The van der Waals surface area contributed by atoms with Gasteiger partial charge in [-0.05, 0) is 42.7 Å². The summed E-state index contributed by atoms with van der Waals surface area (Å²) >= 11 is 6.37. The summed E-state index contributed by atoms with van der Waals surface area (Å²) in [4.78, 5) is 23.8. The van der Waals surface area contributed by atoms with Crippen molar-refractivity contribution in [2.45, 2.75) is 25.4 Å². The average Bonchev–Trinajstić information content (AvgIpc) is 3.25. The number of carbonyl (C=O) groups is 1. The second-order valence-electron chi connectivity index (χ2n) is 8.10. The summed E-state index contributed by atoms with van der Waals surface area (Å²) in [6, 6.07) is 9.60. The molecule has 2 fully saturated rings. The highest BCUT2D eigenvalue weighted by molar-refractivity contribution is 6.33. The van der Waals surface area contributed by atoms with E-state index in [4.69, 9.17) is 16.9 Å². The van der Waals surface area contributed by atoms with Crippen molar-refractivity contribution in [3.63, 3.8) is 0 Å². The third kappa shape index (κ3) is 3.47. The van der Waals surface area contributed by atoms with E-state index >= 15 is 0 Å². The van der Waals surface area contributed by atoms with E-state index < -0.39 is 0 Å². The van der Waals surface area contributed by atoms with E-state index in [2.05, 4.69) is 37.1 Å². The smallest absolute Gasteiger partial charge is 0.247 e. The maximum atomic E-state index is 12.4. The highest BCUT2D eigenvalue weighted by Gasteiger charge is 2.37. The van der Waals surface area contributed by atoms with Gasteiger partial charge in [0.2, 0.25) is 5.91 Å². The first-order valence-corrected chi connectivity index (χ1v) is 10.7. The minimum atomic E-state index is -0.0574. The van der Waals surface area contributed by atoms with Crippen LogP contribution in [0.3, 0.4) is 0 Å². The molecule has 1 atom stereocenters. The normalized spacial score (nSPS) is 21.1. The van der Waals surface area contributed by atoms with Crippen LogP contribution in [0.25, 0.3) is 0 Å². The number of carbonyl (C=O) groups excluding carboxylic acids is 1. The Labute approximate surface area is 180 Å². The molecule has 3 aliphatic heterocycles. The van der Waals surface area contributed by atoms with Crippen molar-refractivity contribution < 1.29 is 4.79 Å². The van der Waals surface area contributed by atoms with Crippen LogP contribution in [0.2, 0.25) is 5.02 Å². The Hall–Kier alpha value is -2.82. The van der Waals surface area contributed by atoms with E-state index in [1.54, 1.807) is 6.07 Å². The van der Waals surface area contributed by atoms with Crippen molar-refractivity contribution in [2.24, 2.45) is 0 Å². The van der Waals surface area contributed by atoms with Crippen LogP contribution in [0.4, 0.5) is 17.2 Å². The number of hydrogen-bond acceptors (Lipinski definition) is 6. The van der Waals surface area contributed by atoms with Crippen LogP contribution in [0.1, 0.15) is 24.0 Å². The lowest BCUT2D eigenvalue weighted by molar-refractivity contribution is -0.117. The molecule has 3 aliphatic rings. The van der Waals surface area contributed by atoms with Crippen molar-refractivity contribution in [2.75, 3.05) is 47.8 Å². The number of nitriles is 1. The Kier molecular flexibility index (Phi) is 4.97. The van der Waals surface area contributed by atoms with Gasteiger partial charge in [0.05, 0.1) is 28.0 Å². The number of hydrogen-bond donors (Lipinski definition) is 1. The van der Waals surface area contributed by atoms with Crippen molar-refractivity contribution in [1.82, 2.24) is 9.88 Å². The van der Waals surface area contributed by atoms with E-state index in [0.717, 1.165) is 74.9 Å². The third-order valence-corrected chi connectivity index (χ3v) is 6.51. The molecule has 8 heteroatoms. The molecule has 2 aromatic rings. The molecule has 1 N–H and O–H groups in total. The van der Waals surface area contributed by atoms with Gasteiger partial charge in [-0.25, -0.2) is 4.98 Å². The predicted molar refractivity (Wildman–Crippen MR) is 117 cm³/mol. The molecule has 0 spiro atoms. The average molecular weight is 423 g/mol. The van der Waals surface area contributed by atoms with Crippen LogP contribution in [0.15, 0.2) is 30.5 Å². The van der Waals surface area contributed by atoms with Crippen molar-refractivity contribution in [1.29, 1.82) is 5.26 Å². The largest absolute Gasteiger partial charge is 0.368 e. The SMILES string of the molecule is N#Cc1ccc(N2CCN(Cc3cnc4c(c3)NC(=O)C3CCCN43)CC2)c(Cl)c1. The molecule has 1 aromatic heterocycles. The summed E-state index contributed by atoms with van der Waals surface area (Å²) in [6.07, 6.45) is 3.88. The van der Waals surface area contributed by atoms with Crippen LogP contribution in [0, 0.1) is 11.3 Å². The third-order valence-electron chi connectivity index (χ3n) is 6.20. The van der Waals surface area contributed by atoms with Crippen molar-refractivity contribution in [3.05, 3.63) is 46.6 Å². The molecule has 30 heavy (non-hydrogen) atoms. The number of pyridine rings is 1. The van der Waals surface area contributed by atoms with E-state index in [9.17, 15) is 4.79 Å². The highest BCUT2D eigenvalue weighted by Crippen LogP contribution is 2.35. The number of halogens is 1. The summed E-state index contributed by atoms with van der Waals surface area (Å²) in [7, 11) is 0.